The molecule has 5 atom stereocenters. The maximum Gasteiger partial charge on any atom is 0.322 e. The highest BCUT2D eigenvalue weighted by Gasteiger charge is 2.54. The molecule has 5 rings (SSSR count). The molecule has 3 saturated heterocycles. The molecule has 5 unspecified atom stereocenters. The lowest BCUT2D eigenvalue weighted by Crippen LogP contribution is -2.53. The van der Waals surface area contributed by atoms with E-state index in [4.69, 9.17) is 0 Å². The van der Waals surface area contributed by atoms with E-state index in [1.807, 2.05) is 16.7 Å². The molecule has 5 aliphatic rings. The van der Waals surface area contributed by atoms with E-state index >= 15 is 0 Å². The highest BCUT2D eigenvalue weighted by molar-refractivity contribution is 8.00. The predicted molar refractivity (Wildman–Crippen MR) is 115 cm³/mol. The minimum Gasteiger partial charge on any atom is -0.319 e. The van der Waals surface area contributed by atoms with Crippen LogP contribution in [0.3, 0.4) is 0 Å². The first-order valence-electron chi connectivity index (χ1n) is 11.0. The van der Waals surface area contributed by atoms with E-state index in [-0.39, 0.29) is 34.5 Å². The van der Waals surface area contributed by atoms with Crippen molar-refractivity contribution in [3.63, 3.8) is 0 Å². The standard InChI is InChI=1S/C18H33N7O3S2/c1-11-21-22-16(29-11)25-15-7-13(30(27,28)23-18(2)5-6-18)3-4-14(15)24(17(25)26)10-12-8-19-20-9-12/h11-16,19-23H,3-10H2,1-2H3. The first-order valence-corrected chi connectivity index (χ1v) is 13.5. The molecule has 3 heterocycles. The van der Waals surface area contributed by atoms with Gasteiger partial charge in [-0.3, -0.25) is 15.8 Å². The largest absolute Gasteiger partial charge is 0.322 e. The first-order chi connectivity index (χ1) is 14.3. The van der Waals surface area contributed by atoms with Crippen LogP contribution in [0.1, 0.15) is 46.0 Å². The van der Waals surface area contributed by atoms with Crippen LogP contribution in [0.4, 0.5) is 4.79 Å². The van der Waals surface area contributed by atoms with Gasteiger partial charge in [-0.2, -0.15) is 0 Å². The zero-order valence-electron chi connectivity index (χ0n) is 17.6. The van der Waals surface area contributed by atoms with Crippen molar-refractivity contribution in [2.24, 2.45) is 5.92 Å². The maximum absolute atomic E-state index is 13.5. The summed E-state index contributed by atoms with van der Waals surface area (Å²) in [5.41, 5.74) is 12.3. The molecular formula is C18H33N7O3S2. The lowest BCUT2D eigenvalue weighted by molar-refractivity contribution is 0.170. The summed E-state index contributed by atoms with van der Waals surface area (Å²) in [6, 6.07) is -0.00316. The molecule has 12 heteroatoms. The lowest BCUT2D eigenvalue weighted by Gasteiger charge is -2.37. The van der Waals surface area contributed by atoms with E-state index in [0.717, 1.165) is 32.4 Å². The quantitative estimate of drug-likeness (QED) is 0.367. The third-order valence-corrected chi connectivity index (χ3v) is 10.4. The average Bonchev–Trinajstić information content (AvgIpc) is 3.08. The molecule has 10 nitrogen and oxygen atoms in total. The van der Waals surface area contributed by atoms with Gasteiger partial charge in [-0.05, 0) is 46.0 Å². The van der Waals surface area contributed by atoms with E-state index in [0.29, 0.717) is 25.3 Å². The maximum atomic E-state index is 13.5. The fourth-order valence-electron chi connectivity index (χ4n) is 5.17. The van der Waals surface area contributed by atoms with Gasteiger partial charge in [0.15, 0.2) is 0 Å². The van der Waals surface area contributed by atoms with Gasteiger partial charge in [-0.25, -0.2) is 28.8 Å². The Balaban J connectivity index is 1.36. The van der Waals surface area contributed by atoms with Crippen LogP contribution in [-0.2, 0) is 10.0 Å². The summed E-state index contributed by atoms with van der Waals surface area (Å²) in [5.74, 6) is 0.369. The molecule has 0 aromatic carbocycles. The Kier molecular flexibility index (Phi) is 5.48. The van der Waals surface area contributed by atoms with Crippen molar-refractivity contribution in [3.05, 3.63) is 0 Å². The summed E-state index contributed by atoms with van der Waals surface area (Å²) >= 11 is 1.66. The van der Waals surface area contributed by atoms with Gasteiger partial charge in [0.1, 0.15) is 5.50 Å². The summed E-state index contributed by atoms with van der Waals surface area (Å²) in [7, 11) is -3.40. The average molecular weight is 460 g/mol. The molecule has 2 amide bonds. The molecule has 0 radical (unpaired) electrons. The number of sulfonamides is 1. The third kappa shape index (κ3) is 3.96. The normalized spacial score (nSPS) is 39.0. The van der Waals surface area contributed by atoms with Crippen molar-refractivity contribution in [2.45, 2.75) is 79.7 Å². The highest BCUT2D eigenvalue weighted by Crippen LogP contribution is 2.42. The Morgan fingerprint density at radius 1 is 1.17 bits per heavy atom. The molecule has 0 spiro atoms. The number of fused-ring (bicyclic) bond motifs is 1. The van der Waals surface area contributed by atoms with Crippen molar-refractivity contribution in [1.82, 2.24) is 36.2 Å². The van der Waals surface area contributed by atoms with Crippen LogP contribution in [-0.4, -0.2) is 77.6 Å². The number of carbonyl (C=O) groups is 1. The van der Waals surface area contributed by atoms with E-state index in [1.54, 1.807) is 11.8 Å². The zero-order valence-corrected chi connectivity index (χ0v) is 19.2. The molecule has 0 aromatic heterocycles. The number of amides is 2. The van der Waals surface area contributed by atoms with Crippen LogP contribution >= 0.6 is 11.8 Å². The molecule has 0 aromatic rings. The summed E-state index contributed by atoms with van der Waals surface area (Å²) in [4.78, 5) is 17.4. The smallest absolute Gasteiger partial charge is 0.319 e. The molecule has 5 fully saturated rings. The third-order valence-electron chi connectivity index (χ3n) is 7.14. The first kappa shape index (κ1) is 21.2. The summed E-state index contributed by atoms with van der Waals surface area (Å²) in [5, 5.41) is -0.254. The summed E-state index contributed by atoms with van der Waals surface area (Å²) in [6.07, 6.45) is 3.62. The lowest BCUT2D eigenvalue weighted by atomic mass is 9.89. The topological polar surface area (TPSA) is 118 Å². The number of hydrogen-bond acceptors (Lipinski definition) is 8. The monoisotopic (exact) mass is 459 g/mol. The second kappa shape index (κ2) is 7.75. The molecular weight excluding hydrogens is 426 g/mol. The Labute approximate surface area is 182 Å². The van der Waals surface area contributed by atoms with E-state index in [9.17, 15) is 13.2 Å². The molecule has 170 valence electrons. The fraction of sp³-hybridized carbons (Fsp3) is 0.944. The second-order valence-electron chi connectivity index (χ2n) is 9.67. The van der Waals surface area contributed by atoms with Gasteiger partial charge in [0, 0.05) is 31.1 Å². The molecule has 30 heavy (non-hydrogen) atoms. The number of urea groups is 1. The molecule has 5 N–H and O–H groups in total. The Morgan fingerprint density at radius 2 is 1.90 bits per heavy atom. The van der Waals surface area contributed by atoms with Crippen LogP contribution in [0.5, 0.6) is 0 Å². The number of carbonyl (C=O) groups excluding carboxylic acids is 1. The number of hydrogen-bond donors (Lipinski definition) is 5. The Bertz CT molecular complexity index is 787. The van der Waals surface area contributed by atoms with Gasteiger partial charge in [0.05, 0.1) is 22.7 Å². The number of hydrazine groups is 2. The van der Waals surface area contributed by atoms with Gasteiger partial charge in [-0.15, -0.1) is 11.8 Å². The van der Waals surface area contributed by atoms with Crippen molar-refractivity contribution in [3.8, 4) is 0 Å². The Hall–Kier alpha value is -0.630. The van der Waals surface area contributed by atoms with Gasteiger partial charge in [0.2, 0.25) is 10.0 Å². The van der Waals surface area contributed by atoms with Gasteiger partial charge in [-0.1, -0.05) is 0 Å². The van der Waals surface area contributed by atoms with Gasteiger partial charge in [0.25, 0.3) is 0 Å². The fourth-order valence-corrected chi connectivity index (χ4v) is 8.16. The van der Waals surface area contributed by atoms with E-state index in [2.05, 4.69) is 33.3 Å². The van der Waals surface area contributed by atoms with Crippen molar-refractivity contribution in [1.29, 1.82) is 0 Å². The number of rotatable bonds is 6. The summed E-state index contributed by atoms with van der Waals surface area (Å²) < 4.78 is 29.1. The van der Waals surface area contributed by atoms with E-state index < -0.39 is 15.3 Å². The SMILES string of the molecule is CC1NNC(N2C(=O)N(CC3CNNC3)C3CCC(S(=O)(=O)NC4(C)CC4)CC32)S1. The molecule has 2 saturated carbocycles. The second-order valence-corrected chi connectivity index (χ2v) is 13.1. The van der Waals surface area contributed by atoms with Crippen molar-refractivity contribution >= 4 is 27.8 Å². The van der Waals surface area contributed by atoms with Crippen LogP contribution < -0.4 is 26.4 Å². The molecule has 0 bridgehead atoms. The highest BCUT2D eigenvalue weighted by atomic mass is 32.2. The van der Waals surface area contributed by atoms with Crippen LogP contribution in [0.2, 0.25) is 0 Å². The summed E-state index contributed by atoms with van der Waals surface area (Å²) in [6.45, 7) is 6.41. The van der Waals surface area contributed by atoms with Crippen molar-refractivity contribution in [2.75, 3.05) is 19.6 Å². The van der Waals surface area contributed by atoms with Crippen LogP contribution in [0.15, 0.2) is 0 Å². The number of thioether (sulfide) groups is 1. The zero-order chi connectivity index (χ0) is 21.1. The van der Waals surface area contributed by atoms with Gasteiger partial charge >= 0.3 is 6.03 Å². The number of nitrogens with one attached hydrogen (secondary N) is 5. The van der Waals surface area contributed by atoms with Crippen LogP contribution in [0.25, 0.3) is 0 Å². The molecule has 3 aliphatic heterocycles. The number of nitrogens with zero attached hydrogens (tertiary/aromatic N) is 2. The predicted octanol–water partition coefficient (Wildman–Crippen LogP) is -0.320. The van der Waals surface area contributed by atoms with E-state index in [1.165, 1.54) is 0 Å². The minimum atomic E-state index is -3.40. The van der Waals surface area contributed by atoms with Crippen molar-refractivity contribution < 1.29 is 13.2 Å². The Morgan fingerprint density at radius 3 is 2.53 bits per heavy atom. The minimum absolute atomic E-state index is 0.0259. The van der Waals surface area contributed by atoms with Crippen LogP contribution in [0, 0.1) is 5.92 Å². The van der Waals surface area contributed by atoms with Gasteiger partial charge < -0.3 is 4.90 Å². The molecule has 2 aliphatic carbocycles.